The Labute approximate surface area is 123 Å². The third-order valence-electron chi connectivity index (χ3n) is 2.94. The molecule has 0 saturated heterocycles. The van der Waals surface area contributed by atoms with Gasteiger partial charge in [-0.25, -0.2) is 0 Å². The molecule has 0 aliphatic heterocycles. The lowest BCUT2D eigenvalue weighted by atomic mass is 10.1. The van der Waals surface area contributed by atoms with Crippen LogP contribution >= 0.6 is 15.9 Å². The summed E-state index contributed by atoms with van der Waals surface area (Å²) >= 11 is 3.47. The minimum Gasteiger partial charge on any atom is -0.0985 e. The predicted molar refractivity (Wildman–Crippen MR) is 87.2 cm³/mol. The highest BCUT2D eigenvalue weighted by molar-refractivity contribution is 9.09. The molecule has 0 unspecified atom stereocenters. The monoisotopic (exact) mass is 312 g/mol. The van der Waals surface area contributed by atoms with Crippen LogP contribution < -0.4 is 0 Å². The van der Waals surface area contributed by atoms with Gasteiger partial charge >= 0.3 is 0 Å². The molecule has 0 aromatic carbocycles. The molecule has 0 N–H and O–H groups in total. The first-order valence-corrected chi connectivity index (χ1v) is 8.73. The van der Waals surface area contributed by atoms with Crippen molar-refractivity contribution in [2.24, 2.45) is 0 Å². The van der Waals surface area contributed by atoms with Gasteiger partial charge in [0.25, 0.3) is 0 Å². The zero-order chi connectivity index (χ0) is 13.3. The number of rotatable bonds is 11. The van der Waals surface area contributed by atoms with Gasteiger partial charge in [-0.05, 0) is 25.3 Å². The molecule has 0 aliphatic rings. The second-order valence-electron chi connectivity index (χ2n) is 4.78. The topological polar surface area (TPSA) is 0 Å². The standard InChI is InChI=1S/C17H29Br/c1-2-3-4-5-6-7-8-9-10-11-12-13-14-15-16-17-18/h4-5H,2-3,8-17H2,1H3. The fourth-order valence-electron chi connectivity index (χ4n) is 1.81. The van der Waals surface area contributed by atoms with Crippen LogP contribution in [-0.4, -0.2) is 5.33 Å². The molecule has 0 spiro atoms. The van der Waals surface area contributed by atoms with Crippen LogP contribution in [0.15, 0.2) is 12.2 Å². The summed E-state index contributed by atoms with van der Waals surface area (Å²) in [6.07, 6.45) is 18.6. The Balaban J connectivity index is 3.11. The Morgan fingerprint density at radius 3 is 2.11 bits per heavy atom. The Bertz CT molecular complexity index is 232. The van der Waals surface area contributed by atoms with Crippen LogP contribution in [0.25, 0.3) is 0 Å². The number of alkyl halides is 1. The fourth-order valence-corrected chi connectivity index (χ4v) is 2.21. The van der Waals surface area contributed by atoms with Crippen molar-refractivity contribution in [2.75, 3.05) is 5.33 Å². The molecule has 0 amide bonds. The maximum absolute atomic E-state index is 3.47. The highest BCUT2D eigenvalue weighted by Crippen LogP contribution is 2.09. The van der Waals surface area contributed by atoms with Gasteiger partial charge < -0.3 is 0 Å². The third kappa shape index (κ3) is 15.8. The van der Waals surface area contributed by atoms with Crippen molar-refractivity contribution in [3.05, 3.63) is 12.2 Å². The first-order valence-electron chi connectivity index (χ1n) is 7.61. The molecule has 0 heterocycles. The second-order valence-corrected chi connectivity index (χ2v) is 5.57. The molecule has 0 aromatic heterocycles. The largest absolute Gasteiger partial charge is 0.0985 e. The van der Waals surface area contributed by atoms with E-state index >= 15 is 0 Å². The maximum atomic E-state index is 3.47. The Kier molecular flexibility index (Phi) is 16.6. The summed E-state index contributed by atoms with van der Waals surface area (Å²) in [5.74, 6) is 6.33. The quantitative estimate of drug-likeness (QED) is 0.240. The van der Waals surface area contributed by atoms with Crippen LogP contribution in [0.3, 0.4) is 0 Å². The summed E-state index contributed by atoms with van der Waals surface area (Å²) in [6, 6.07) is 0. The van der Waals surface area contributed by atoms with E-state index in [2.05, 4.69) is 40.8 Å². The molecule has 1 heteroatoms. The zero-order valence-electron chi connectivity index (χ0n) is 12.0. The third-order valence-corrected chi connectivity index (χ3v) is 3.50. The summed E-state index contributed by atoms with van der Waals surface area (Å²) in [5, 5.41) is 1.17. The van der Waals surface area contributed by atoms with Gasteiger partial charge in [0.15, 0.2) is 0 Å². The summed E-state index contributed by atoms with van der Waals surface area (Å²) in [4.78, 5) is 0. The van der Waals surface area contributed by atoms with Gasteiger partial charge in [-0.1, -0.05) is 85.7 Å². The van der Waals surface area contributed by atoms with Gasteiger partial charge in [0, 0.05) is 11.8 Å². The normalized spacial score (nSPS) is 10.6. The molecule has 18 heavy (non-hydrogen) atoms. The highest BCUT2D eigenvalue weighted by Gasteiger charge is 1.91. The van der Waals surface area contributed by atoms with Crippen molar-refractivity contribution in [1.82, 2.24) is 0 Å². The average Bonchev–Trinajstić information content (AvgIpc) is 2.39. The molecular weight excluding hydrogens is 284 g/mol. The maximum Gasteiger partial charge on any atom is 0.00922 e. The smallest absolute Gasteiger partial charge is 0.00922 e. The van der Waals surface area contributed by atoms with Crippen molar-refractivity contribution in [2.45, 2.75) is 77.6 Å². The van der Waals surface area contributed by atoms with Crippen LogP contribution in [0, 0.1) is 11.8 Å². The predicted octanol–water partition coefficient (Wildman–Crippen LogP) is 6.25. The zero-order valence-corrected chi connectivity index (χ0v) is 13.6. The molecule has 0 radical (unpaired) electrons. The number of hydrogen-bond donors (Lipinski definition) is 0. The molecule has 0 nitrogen and oxygen atoms in total. The number of allylic oxidation sites excluding steroid dienone is 2. The van der Waals surface area contributed by atoms with Gasteiger partial charge in [-0.2, -0.15) is 0 Å². The summed E-state index contributed by atoms with van der Waals surface area (Å²) in [7, 11) is 0. The summed E-state index contributed by atoms with van der Waals surface area (Å²) in [6.45, 7) is 2.19. The first kappa shape index (κ1) is 17.8. The van der Waals surface area contributed by atoms with Gasteiger partial charge in [0.1, 0.15) is 0 Å². The lowest BCUT2D eigenvalue weighted by Crippen LogP contribution is -1.81. The van der Waals surface area contributed by atoms with E-state index in [9.17, 15) is 0 Å². The molecule has 0 atom stereocenters. The first-order chi connectivity index (χ1) is 8.91. The molecule has 0 bridgehead atoms. The van der Waals surface area contributed by atoms with Crippen molar-refractivity contribution >= 4 is 15.9 Å². The molecule has 0 aliphatic carbocycles. The van der Waals surface area contributed by atoms with Crippen LogP contribution in [0.5, 0.6) is 0 Å². The van der Waals surface area contributed by atoms with Gasteiger partial charge in [-0.15, -0.1) is 0 Å². The Morgan fingerprint density at radius 1 is 0.889 bits per heavy atom. The average molecular weight is 313 g/mol. The van der Waals surface area contributed by atoms with Crippen molar-refractivity contribution in [3.63, 3.8) is 0 Å². The molecule has 104 valence electrons. The van der Waals surface area contributed by atoms with Gasteiger partial charge in [0.05, 0.1) is 0 Å². The number of hydrogen-bond acceptors (Lipinski definition) is 0. The Morgan fingerprint density at radius 2 is 1.50 bits per heavy atom. The van der Waals surface area contributed by atoms with E-state index in [1.54, 1.807) is 0 Å². The van der Waals surface area contributed by atoms with Crippen LogP contribution in [0.1, 0.15) is 77.6 Å². The van der Waals surface area contributed by atoms with Gasteiger partial charge in [-0.3, -0.25) is 0 Å². The molecule has 0 saturated carbocycles. The van der Waals surface area contributed by atoms with Crippen molar-refractivity contribution in [3.8, 4) is 11.8 Å². The van der Waals surface area contributed by atoms with E-state index in [0.29, 0.717) is 0 Å². The van der Waals surface area contributed by atoms with E-state index in [4.69, 9.17) is 0 Å². The molecular formula is C17H29Br. The minimum atomic E-state index is 1.07. The summed E-state index contributed by atoms with van der Waals surface area (Å²) in [5.41, 5.74) is 0. The highest BCUT2D eigenvalue weighted by atomic mass is 79.9. The van der Waals surface area contributed by atoms with E-state index in [-0.39, 0.29) is 0 Å². The van der Waals surface area contributed by atoms with Crippen LogP contribution in [0.2, 0.25) is 0 Å². The molecule has 0 rings (SSSR count). The second kappa shape index (κ2) is 16.8. The fraction of sp³-hybridized carbons (Fsp3) is 0.765. The Hall–Kier alpha value is -0.220. The van der Waals surface area contributed by atoms with Crippen molar-refractivity contribution in [1.29, 1.82) is 0 Å². The van der Waals surface area contributed by atoms with E-state index < -0.39 is 0 Å². The number of unbranched alkanes of at least 4 members (excludes halogenated alkanes) is 9. The molecule has 0 fully saturated rings. The summed E-state index contributed by atoms with van der Waals surface area (Å²) < 4.78 is 0. The van der Waals surface area contributed by atoms with E-state index in [1.807, 2.05) is 6.08 Å². The van der Waals surface area contributed by atoms with Gasteiger partial charge in [0.2, 0.25) is 0 Å². The SMILES string of the molecule is CCCC=CC#CCCCCCCCCCCBr. The number of halogens is 1. The lowest BCUT2D eigenvalue weighted by Gasteiger charge is -1.99. The lowest BCUT2D eigenvalue weighted by molar-refractivity contribution is 0.580. The van der Waals surface area contributed by atoms with E-state index in [0.717, 1.165) is 12.8 Å². The van der Waals surface area contributed by atoms with E-state index in [1.165, 1.54) is 63.1 Å². The molecule has 0 aromatic rings. The van der Waals surface area contributed by atoms with Crippen LogP contribution in [0.4, 0.5) is 0 Å². The van der Waals surface area contributed by atoms with Crippen molar-refractivity contribution < 1.29 is 0 Å². The van der Waals surface area contributed by atoms with Crippen LogP contribution in [-0.2, 0) is 0 Å². The minimum absolute atomic E-state index is 1.07.